The monoisotopic (exact) mass is 438 g/mol. The van der Waals surface area contributed by atoms with E-state index in [2.05, 4.69) is 36.7 Å². The molecule has 162 valence electrons. The maximum Gasteiger partial charge on any atom is 0.387 e. The maximum atomic E-state index is 12.8. The van der Waals surface area contributed by atoms with Gasteiger partial charge in [0, 0.05) is 56.3 Å². The molecule has 0 saturated heterocycles. The lowest BCUT2D eigenvalue weighted by atomic mass is 10.1. The first kappa shape index (κ1) is 20.7. The van der Waals surface area contributed by atoms with E-state index in [1.165, 1.54) is 16.5 Å². The minimum Gasteiger partial charge on any atom is -0.454 e. The average Bonchev–Trinajstić information content (AvgIpc) is 3.38. The molecule has 0 spiro atoms. The molecule has 4 rings (SSSR count). The van der Waals surface area contributed by atoms with Crippen molar-refractivity contribution in [2.24, 2.45) is 4.99 Å². The molecule has 2 aliphatic heterocycles. The topological polar surface area (TPSA) is 67.4 Å². The van der Waals surface area contributed by atoms with Gasteiger partial charge in [0.1, 0.15) is 5.75 Å². The summed E-state index contributed by atoms with van der Waals surface area (Å²) in [7, 11) is 1.67. The van der Waals surface area contributed by atoms with Crippen molar-refractivity contribution in [1.29, 1.82) is 0 Å². The minimum absolute atomic E-state index is 0.0529. The van der Waals surface area contributed by atoms with Crippen molar-refractivity contribution in [1.82, 2.24) is 15.5 Å². The zero-order valence-electron chi connectivity index (χ0n) is 16.6. The van der Waals surface area contributed by atoms with Crippen LogP contribution >= 0.6 is 11.3 Å². The molecule has 7 nitrogen and oxygen atoms in total. The Balaban J connectivity index is 1.29. The number of nitrogens with one attached hydrogen (secondary N) is 2. The molecule has 0 aliphatic carbocycles. The predicted molar refractivity (Wildman–Crippen MR) is 111 cm³/mol. The molecule has 0 amide bonds. The van der Waals surface area contributed by atoms with Crippen molar-refractivity contribution < 1.29 is 23.0 Å². The van der Waals surface area contributed by atoms with Crippen LogP contribution in [0.4, 0.5) is 8.78 Å². The van der Waals surface area contributed by atoms with E-state index < -0.39 is 6.61 Å². The molecule has 0 saturated carbocycles. The van der Waals surface area contributed by atoms with E-state index in [0.717, 1.165) is 32.6 Å². The lowest BCUT2D eigenvalue weighted by molar-refractivity contribution is -0.0505. The summed E-state index contributed by atoms with van der Waals surface area (Å²) in [6.45, 7) is 1.02. The first-order chi connectivity index (χ1) is 14.6. The van der Waals surface area contributed by atoms with Crippen LogP contribution < -0.4 is 24.8 Å². The number of ether oxygens (including phenoxy) is 3. The van der Waals surface area contributed by atoms with Crippen LogP contribution in [-0.4, -0.2) is 50.9 Å². The van der Waals surface area contributed by atoms with Gasteiger partial charge in [-0.3, -0.25) is 9.89 Å². The van der Waals surface area contributed by atoms with Crippen LogP contribution in [0.15, 0.2) is 28.6 Å². The van der Waals surface area contributed by atoms with E-state index in [9.17, 15) is 8.78 Å². The minimum atomic E-state index is -2.92. The Bertz CT molecular complexity index is 906. The van der Waals surface area contributed by atoms with Crippen LogP contribution in [-0.2, 0) is 19.5 Å². The second kappa shape index (κ2) is 9.48. The standard InChI is InChI=1S/C20H24F2N4O3S/c1-23-20(24-4-6-26-5-2-18-13(11-26)3-7-30-18)25-10-14-8-16-17(28-12-27-16)9-15(14)29-19(21)22/h3,7-9,19H,2,4-6,10-12H2,1H3,(H2,23,24,25). The highest BCUT2D eigenvalue weighted by atomic mass is 32.1. The van der Waals surface area contributed by atoms with Gasteiger partial charge in [-0.1, -0.05) is 0 Å². The van der Waals surface area contributed by atoms with Gasteiger partial charge in [0.25, 0.3) is 0 Å². The first-order valence-electron chi connectivity index (χ1n) is 9.72. The molecule has 30 heavy (non-hydrogen) atoms. The molecule has 1 aromatic carbocycles. The van der Waals surface area contributed by atoms with Gasteiger partial charge in [0.15, 0.2) is 17.5 Å². The Hall–Kier alpha value is -2.59. The maximum absolute atomic E-state index is 12.8. The molecule has 0 atom stereocenters. The SMILES string of the molecule is CN=C(NCCN1CCc2sccc2C1)NCc1cc2c(cc1OC(F)F)OCO2. The normalized spacial score (nSPS) is 15.9. The number of benzene rings is 1. The lowest BCUT2D eigenvalue weighted by Gasteiger charge is -2.27. The molecule has 0 bridgehead atoms. The van der Waals surface area contributed by atoms with Gasteiger partial charge >= 0.3 is 6.61 Å². The fourth-order valence-corrected chi connectivity index (χ4v) is 4.43. The average molecular weight is 439 g/mol. The largest absolute Gasteiger partial charge is 0.454 e. The third-order valence-corrected chi connectivity index (χ3v) is 6.07. The van der Waals surface area contributed by atoms with Crippen molar-refractivity contribution in [2.75, 3.05) is 33.5 Å². The highest BCUT2D eigenvalue weighted by Gasteiger charge is 2.20. The summed E-state index contributed by atoms with van der Waals surface area (Å²) < 4.78 is 40.8. The molecular weight excluding hydrogens is 414 g/mol. The summed E-state index contributed by atoms with van der Waals surface area (Å²) in [6, 6.07) is 5.27. The fraction of sp³-hybridized carbons (Fsp3) is 0.450. The molecule has 2 N–H and O–H groups in total. The number of aliphatic imine (C=N–C) groups is 1. The summed E-state index contributed by atoms with van der Waals surface area (Å²) in [5.74, 6) is 1.54. The van der Waals surface area contributed by atoms with Crippen LogP contribution in [0.25, 0.3) is 0 Å². The second-order valence-corrected chi connectivity index (χ2v) is 7.94. The molecule has 10 heteroatoms. The van der Waals surface area contributed by atoms with E-state index in [1.807, 2.05) is 11.3 Å². The van der Waals surface area contributed by atoms with Gasteiger partial charge in [-0.05, 0) is 29.5 Å². The lowest BCUT2D eigenvalue weighted by Crippen LogP contribution is -2.42. The Morgan fingerprint density at radius 2 is 2.13 bits per heavy atom. The highest BCUT2D eigenvalue weighted by molar-refractivity contribution is 7.10. The summed E-state index contributed by atoms with van der Waals surface area (Å²) in [4.78, 5) is 8.10. The van der Waals surface area contributed by atoms with Gasteiger partial charge in [0.05, 0.1) is 0 Å². The molecule has 2 aliphatic rings. The van der Waals surface area contributed by atoms with Crippen molar-refractivity contribution in [3.05, 3.63) is 39.6 Å². The van der Waals surface area contributed by atoms with Crippen LogP contribution in [0.5, 0.6) is 17.2 Å². The number of hydrogen-bond acceptors (Lipinski definition) is 6. The van der Waals surface area contributed by atoms with Crippen molar-refractivity contribution >= 4 is 17.3 Å². The first-order valence-corrected chi connectivity index (χ1v) is 10.6. The van der Waals surface area contributed by atoms with Crippen LogP contribution in [0.3, 0.4) is 0 Å². The third kappa shape index (κ3) is 4.93. The Morgan fingerprint density at radius 1 is 1.30 bits per heavy atom. The van der Waals surface area contributed by atoms with Gasteiger partial charge < -0.3 is 24.8 Å². The van der Waals surface area contributed by atoms with Gasteiger partial charge in [-0.15, -0.1) is 11.3 Å². The second-order valence-electron chi connectivity index (χ2n) is 6.94. The van der Waals surface area contributed by atoms with E-state index in [4.69, 9.17) is 9.47 Å². The Morgan fingerprint density at radius 3 is 2.93 bits per heavy atom. The molecule has 3 heterocycles. The summed E-state index contributed by atoms with van der Waals surface area (Å²) >= 11 is 1.83. The van der Waals surface area contributed by atoms with Crippen LogP contribution in [0.1, 0.15) is 16.0 Å². The van der Waals surface area contributed by atoms with Crippen molar-refractivity contribution in [3.8, 4) is 17.2 Å². The molecule has 0 unspecified atom stereocenters. The number of alkyl halides is 2. The van der Waals surface area contributed by atoms with Crippen LogP contribution in [0, 0.1) is 0 Å². The number of guanidine groups is 1. The van der Waals surface area contributed by atoms with E-state index in [-0.39, 0.29) is 19.1 Å². The number of hydrogen-bond donors (Lipinski definition) is 2. The Labute approximate surface area is 177 Å². The number of nitrogens with zero attached hydrogens (tertiary/aromatic N) is 2. The van der Waals surface area contributed by atoms with E-state index >= 15 is 0 Å². The molecule has 0 fully saturated rings. The molecule has 0 radical (unpaired) electrons. The van der Waals surface area contributed by atoms with Gasteiger partial charge in [-0.25, -0.2) is 0 Å². The van der Waals surface area contributed by atoms with Gasteiger partial charge in [-0.2, -0.15) is 8.78 Å². The van der Waals surface area contributed by atoms with E-state index in [0.29, 0.717) is 23.0 Å². The smallest absolute Gasteiger partial charge is 0.387 e. The number of thiophene rings is 1. The van der Waals surface area contributed by atoms with Crippen molar-refractivity contribution in [2.45, 2.75) is 26.1 Å². The van der Waals surface area contributed by atoms with E-state index in [1.54, 1.807) is 13.1 Å². The number of halogens is 2. The predicted octanol–water partition coefficient (Wildman–Crippen LogP) is 2.80. The Kier molecular flexibility index (Phi) is 6.53. The quantitative estimate of drug-likeness (QED) is 0.512. The summed E-state index contributed by atoms with van der Waals surface area (Å²) in [5.41, 5.74) is 1.95. The zero-order valence-corrected chi connectivity index (χ0v) is 17.4. The third-order valence-electron chi connectivity index (χ3n) is 5.05. The number of rotatable bonds is 7. The fourth-order valence-electron chi connectivity index (χ4n) is 3.54. The van der Waals surface area contributed by atoms with Gasteiger partial charge in [0.2, 0.25) is 6.79 Å². The molecule has 1 aromatic heterocycles. The van der Waals surface area contributed by atoms with Crippen LogP contribution in [0.2, 0.25) is 0 Å². The van der Waals surface area contributed by atoms with Crippen molar-refractivity contribution in [3.63, 3.8) is 0 Å². The molecule has 2 aromatic rings. The molecular formula is C20H24F2N4O3S. The number of fused-ring (bicyclic) bond motifs is 2. The summed E-state index contributed by atoms with van der Waals surface area (Å²) in [5, 5.41) is 8.57. The summed E-state index contributed by atoms with van der Waals surface area (Å²) in [6.07, 6.45) is 1.09. The zero-order chi connectivity index (χ0) is 20.9. The highest BCUT2D eigenvalue weighted by Crippen LogP contribution is 2.38.